The van der Waals surface area contributed by atoms with Crippen LogP contribution in [0, 0.1) is 13.8 Å². The van der Waals surface area contributed by atoms with Gasteiger partial charge < -0.3 is 5.32 Å². The molecule has 5 nitrogen and oxygen atoms in total. The third kappa shape index (κ3) is 5.02. The summed E-state index contributed by atoms with van der Waals surface area (Å²) in [5.41, 5.74) is 3.29. The van der Waals surface area contributed by atoms with Crippen molar-refractivity contribution in [1.82, 2.24) is 20.1 Å². The van der Waals surface area contributed by atoms with Gasteiger partial charge in [0.1, 0.15) is 0 Å². The second kappa shape index (κ2) is 7.57. The van der Waals surface area contributed by atoms with Gasteiger partial charge in [0.25, 0.3) is 0 Å². The summed E-state index contributed by atoms with van der Waals surface area (Å²) >= 11 is 0. The standard InChI is InChI=1S/C16H22N4O/c1-13-11-14(2)20(19-13)10-4-9-18-16(21)7-6-15-5-3-8-17-12-15/h3,5,8,11-12H,4,6-7,9-10H2,1-2H3,(H,18,21). The lowest BCUT2D eigenvalue weighted by Gasteiger charge is -2.06. The summed E-state index contributed by atoms with van der Waals surface area (Å²) < 4.78 is 1.98. The van der Waals surface area contributed by atoms with E-state index in [9.17, 15) is 4.79 Å². The van der Waals surface area contributed by atoms with E-state index in [1.165, 1.54) is 0 Å². The van der Waals surface area contributed by atoms with E-state index in [0.717, 1.165) is 36.3 Å². The molecule has 0 radical (unpaired) electrons. The van der Waals surface area contributed by atoms with Crippen molar-refractivity contribution < 1.29 is 4.79 Å². The molecule has 0 saturated heterocycles. The van der Waals surface area contributed by atoms with Crippen LogP contribution in [0.5, 0.6) is 0 Å². The number of amides is 1. The number of hydrogen-bond acceptors (Lipinski definition) is 3. The van der Waals surface area contributed by atoms with Crippen molar-refractivity contribution in [3.05, 3.63) is 47.5 Å². The van der Waals surface area contributed by atoms with Crippen LogP contribution in [0.3, 0.4) is 0 Å². The molecular formula is C16H22N4O. The molecule has 2 heterocycles. The van der Waals surface area contributed by atoms with Gasteiger partial charge in [0.05, 0.1) is 5.69 Å². The van der Waals surface area contributed by atoms with E-state index in [2.05, 4.69) is 21.5 Å². The van der Waals surface area contributed by atoms with E-state index in [4.69, 9.17) is 0 Å². The van der Waals surface area contributed by atoms with Gasteiger partial charge in [0, 0.05) is 37.6 Å². The maximum atomic E-state index is 11.7. The molecule has 0 aromatic carbocycles. The molecule has 0 aliphatic carbocycles. The Morgan fingerprint density at radius 1 is 1.38 bits per heavy atom. The molecule has 0 spiro atoms. The van der Waals surface area contributed by atoms with E-state index in [0.29, 0.717) is 13.0 Å². The van der Waals surface area contributed by atoms with Gasteiger partial charge in [-0.05, 0) is 44.4 Å². The molecule has 112 valence electrons. The van der Waals surface area contributed by atoms with Gasteiger partial charge in [-0.25, -0.2) is 0 Å². The Hall–Kier alpha value is -2.17. The Labute approximate surface area is 125 Å². The van der Waals surface area contributed by atoms with Gasteiger partial charge in [-0.15, -0.1) is 0 Å². The van der Waals surface area contributed by atoms with E-state index in [-0.39, 0.29) is 5.91 Å². The van der Waals surface area contributed by atoms with Crippen molar-refractivity contribution in [3.8, 4) is 0 Å². The number of aryl methyl sites for hydroxylation is 4. The molecule has 0 unspecified atom stereocenters. The summed E-state index contributed by atoms with van der Waals surface area (Å²) in [6.07, 6.45) is 5.67. The highest BCUT2D eigenvalue weighted by Gasteiger charge is 2.03. The van der Waals surface area contributed by atoms with Crippen molar-refractivity contribution in [2.45, 2.75) is 39.7 Å². The first-order valence-corrected chi connectivity index (χ1v) is 7.32. The maximum absolute atomic E-state index is 11.7. The lowest BCUT2D eigenvalue weighted by atomic mass is 10.1. The molecule has 2 aromatic rings. The average Bonchev–Trinajstić information content (AvgIpc) is 2.80. The number of nitrogens with one attached hydrogen (secondary N) is 1. The van der Waals surface area contributed by atoms with Crippen molar-refractivity contribution in [2.75, 3.05) is 6.54 Å². The highest BCUT2D eigenvalue weighted by molar-refractivity contribution is 5.76. The molecule has 0 saturated carbocycles. The normalized spacial score (nSPS) is 10.6. The van der Waals surface area contributed by atoms with E-state index in [1.54, 1.807) is 12.4 Å². The number of carbonyl (C=O) groups is 1. The van der Waals surface area contributed by atoms with Gasteiger partial charge in [-0.2, -0.15) is 5.10 Å². The zero-order chi connectivity index (χ0) is 15.1. The minimum atomic E-state index is 0.0900. The van der Waals surface area contributed by atoms with Crippen LogP contribution in [0.1, 0.15) is 29.8 Å². The molecule has 5 heteroatoms. The molecule has 21 heavy (non-hydrogen) atoms. The summed E-state index contributed by atoms with van der Waals surface area (Å²) in [5.74, 6) is 0.0900. The fourth-order valence-corrected chi connectivity index (χ4v) is 2.25. The van der Waals surface area contributed by atoms with Crippen LogP contribution in [0.15, 0.2) is 30.6 Å². The molecule has 0 aliphatic heterocycles. The van der Waals surface area contributed by atoms with Gasteiger partial charge in [0.15, 0.2) is 0 Å². The minimum Gasteiger partial charge on any atom is -0.356 e. The van der Waals surface area contributed by atoms with Gasteiger partial charge in [-0.1, -0.05) is 6.07 Å². The smallest absolute Gasteiger partial charge is 0.220 e. The second-order valence-electron chi connectivity index (χ2n) is 5.22. The first kappa shape index (κ1) is 15.2. The van der Waals surface area contributed by atoms with E-state index >= 15 is 0 Å². The van der Waals surface area contributed by atoms with Crippen molar-refractivity contribution >= 4 is 5.91 Å². The Morgan fingerprint density at radius 2 is 2.24 bits per heavy atom. The van der Waals surface area contributed by atoms with Crippen molar-refractivity contribution in [3.63, 3.8) is 0 Å². The zero-order valence-electron chi connectivity index (χ0n) is 12.7. The SMILES string of the molecule is Cc1cc(C)n(CCCNC(=O)CCc2cccnc2)n1. The van der Waals surface area contributed by atoms with Gasteiger partial charge in [0.2, 0.25) is 5.91 Å². The lowest BCUT2D eigenvalue weighted by Crippen LogP contribution is -2.25. The van der Waals surface area contributed by atoms with Crippen LogP contribution < -0.4 is 5.32 Å². The molecule has 2 aromatic heterocycles. The highest BCUT2D eigenvalue weighted by atomic mass is 16.1. The molecule has 0 fully saturated rings. The first-order valence-electron chi connectivity index (χ1n) is 7.32. The van der Waals surface area contributed by atoms with Crippen LogP contribution in [0.25, 0.3) is 0 Å². The lowest BCUT2D eigenvalue weighted by molar-refractivity contribution is -0.121. The molecule has 1 amide bonds. The first-order chi connectivity index (χ1) is 10.1. The Kier molecular flexibility index (Phi) is 5.49. The summed E-state index contributed by atoms with van der Waals surface area (Å²) in [5, 5.41) is 7.35. The largest absolute Gasteiger partial charge is 0.356 e. The highest BCUT2D eigenvalue weighted by Crippen LogP contribution is 2.03. The van der Waals surface area contributed by atoms with Crippen LogP contribution in [0.4, 0.5) is 0 Å². The number of hydrogen-bond donors (Lipinski definition) is 1. The van der Waals surface area contributed by atoms with Crippen LogP contribution in [-0.4, -0.2) is 27.2 Å². The van der Waals surface area contributed by atoms with E-state index < -0.39 is 0 Å². The average molecular weight is 286 g/mol. The molecule has 2 rings (SSSR count). The number of pyridine rings is 1. The Morgan fingerprint density at radius 3 is 2.90 bits per heavy atom. The molecule has 0 atom stereocenters. The maximum Gasteiger partial charge on any atom is 0.220 e. The zero-order valence-corrected chi connectivity index (χ0v) is 12.7. The number of nitrogens with zero attached hydrogens (tertiary/aromatic N) is 3. The fourth-order valence-electron chi connectivity index (χ4n) is 2.25. The number of aromatic nitrogens is 3. The van der Waals surface area contributed by atoms with Gasteiger partial charge >= 0.3 is 0 Å². The topological polar surface area (TPSA) is 59.8 Å². The summed E-state index contributed by atoms with van der Waals surface area (Å²) in [7, 11) is 0. The van der Waals surface area contributed by atoms with Crippen LogP contribution in [-0.2, 0) is 17.8 Å². The monoisotopic (exact) mass is 286 g/mol. The number of carbonyl (C=O) groups excluding carboxylic acids is 1. The molecular weight excluding hydrogens is 264 g/mol. The van der Waals surface area contributed by atoms with Gasteiger partial charge in [-0.3, -0.25) is 14.5 Å². The molecule has 1 N–H and O–H groups in total. The number of rotatable bonds is 7. The van der Waals surface area contributed by atoms with Crippen LogP contribution in [0.2, 0.25) is 0 Å². The Bertz CT molecular complexity index is 577. The predicted octanol–water partition coefficient (Wildman–Crippen LogP) is 2.03. The third-order valence-corrected chi connectivity index (χ3v) is 3.34. The van der Waals surface area contributed by atoms with Crippen molar-refractivity contribution in [1.29, 1.82) is 0 Å². The fraction of sp³-hybridized carbons (Fsp3) is 0.438. The minimum absolute atomic E-state index is 0.0900. The molecule has 0 bridgehead atoms. The van der Waals surface area contributed by atoms with Crippen LogP contribution >= 0.6 is 0 Å². The summed E-state index contributed by atoms with van der Waals surface area (Å²) in [6.45, 7) is 5.56. The second-order valence-corrected chi connectivity index (χ2v) is 5.22. The summed E-state index contributed by atoms with van der Waals surface area (Å²) in [4.78, 5) is 15.8. The quantitative estimate of drug-likeness (QED) is 0.792. The summed E-state index contributed by atoms with van der Waals surface area (Å²) in [6, 6.07) is 5.94. The third-order valence-electron chi connectivity index (χ3n) is 3.34. The van der Waals surface area contributed by atoms with E-state index in [1.807, 2.05) is 30.7 Å². The predicted molar refractivity (Wildman–Crippen MR) is 81.9 cm³/mol. The Balaban J connectivity index is 1.62. The molecule has 0 aliphatic rings. The van der Waals surface area contributed by atoms with Crippen molar-refractivity contribution in [2.24, 2.45) is 0 Å².